The minimum Gasteiger partial charge on any atom is -0.489 e. The number of nitrogens with zero attached hydrogens (tertiary/aromatic N) is 1. The Morgan fingerprint density at radius 3 is 2.13 bits per heavy atom. The minimum atomic E-state index is -0.316. The molecule has 0 radical (unpaired) electrons. The van der Waals surface area contributed by atoms with Crippen LogP contribution in [0.25, 0.3) is 0 Å². The quantitative estimate of drug-likeness (QED) is 0.418. The smallest absolute Gasteiger partial charge is 0.277 e. The lowest BCUT2D eigenvalue weighted by atomic mass is 10.2. The van der Waals surface area contributed by atoms with Crippen LogP contribution in [0.1, 0.15) is 29.2 Å². The first-order chi connectivity index (χ1) is 14.6. The number of carbonyl (C=O) groups excluding carboxylic acids is 1. The predicted molar refractivity (Wildman–Crippen MR) is 119 cm³/mol. The van der Waals surface area contributed by atoms with Gasteiger partial charge in [-0.2, -0.15) is 5.10 Å². The summed E-state index contributed by atoms with van der Waals surface area (Å²) in [6, 6.07) is 23.5. The van der Waals surface area contributed by atoms with Gasteiger partial charge >= 0.3 is 0 Å². The summed E-state index contributed by atoms with van der Waals surface area (Å²) < 4.78 is 11.2. The van der Waals surface area contributed by atoms with E-state index in [1.165, 1.54) is 11.1 Å². The molecule has 0 spiro atoms. The summed E-state index contributed by atoms with van der Waals surface area (Å²) in [4.78, 5) is 11.9. The van der Waals surface area contributed by atoms with Crippen molar-refractivity contribution in [3.05, 3.63) is 95.1 Å². The minimum absolute atomic E-state index is 0.0887. The topological polar surface area (TPSA) is 59.9 Å². The molecule has 0 unspecified atom stereocenters. The molecule has 0 aliphatic rings. The number of carbonyl (C=O) groups is 1. The van der Waals surface area contributed by atoms with Crippen molar-refractivity contribution < 1.29 is 14.3 Å². The molecule has 3 aromatic rings. The van der Waals surface area contributed by atoms with Crippen LogP contribution >= 0.6 is 0 Å². The second kappa shape index (κ2) is 10.8. The van der Waals surface area contributed by atoms with Crippen LogP contribution in [0, 0.1) is 6.92 Å². The monoisotopic (exact) mass is 402 g/mol. The van der Waals surface area contributed by atoms with Gasteiger partial charge in [0.25, 0.3) is 5.91 Å². The number of benzene rings is 3. The molecule has 5 heteroatoms. The molecule has 154 valence electrons. The number of ether oxygens (including phenoxy) is 2. The van der Waals surface area contributed by atoms with Crippen molar-refractivity contribution in [3.63, 3.8) is 0 Å². The fraction of sp³-hybridized carbons (Fsp3) is 0.200. The lowest BCUT2D eigenvalue weighted by Crippen LogP contribution is -2.24. The average Bonchev–Trinajstić information content (AvgIpc) is 2.78. The van der Waals surface area contributed by atoms with E-state index in [1.54, 1.807) is 6.21 Å². The molecule has 3 rings (SSSR count). The summed E-state index contributed by atoms with van der Waals surface area (Å²) in [6.07, 6.45) is 2.55. The van der Waals surface area contributed by atoms with Gasteiger partial charge in [0.2, 0.25) is 0 Å². The van der Waals surface area contributed by atoms with E-state index < -0.39 is 0 Å². The van der Waals surface area contributed by atoms with E-state index in [0.29, 0.717) is 12.4 Å². The number of rotatable bonds is 9. The zero-order valence-electron chi connectivity index (χ0n) is 17.3. The molecule has 0 bridgehead atoms. The van der Waals surface area contributed by atoms with Crippen LogP contribution in [-0.2, 0) is 17.8 Å². The standard InChI is InChI=1S/C25H26N2O3/c1-3-20-8-12-24(13-9-20)30-18-25(28)27-26-16-21-10-14-23(15-11-21)29-17-22-6-4-19(2)5-7-22/h4-16H,3,17-18H2,1-2H3,(H,27,28)/b26-16+. The largest absolute Gasteiger partial charge is 0.489 e. The van der Waals surface area contributed by atoms with Crippen LogP contribution in [0.5, 0.6) is 11.5 Å². The Kier molecular flexibility index (Phi) is 7.61. The fourth-order valence-electron chi connectivity index (χ4n) is 2.68. The van der Waals surface area contributed by atoms with E-state index in [0.717, 1.165) is 23.3 Å². The Morgan fingerprint density at radius 2 is 1.47 bits per heavy atom. The summed E-state index contributed by atoms with van der Waals surface area (Å²) in [5.41, 5.74) is 6.90. The molecule has 0 aromatic heterocycles. The number of aryl methyl sites for hydroxylation is 2. The van der Waals surface area contributed by atoms with Gasteiger partial charge in [0, 0.05) is 0 Å². The first kappa shape index (κ1) is 21.1. The van der Waals surface area contributed by atoms with Crippen molar-refractivity contribution in [2.45, 2.75) is 26.9 Å². The Bertz CT molecular complexity index is 963. The summed E-state index contributed by atoms with van der Waals surface area (Å²) in [6.45, 7) is 4.58. The van der Waals surface area contributed by atoms with Gasteiger partial charge in [-0.05, 0) is 66.4 Å². The van der Waals surface area contributed by atoms with Crippen LogP contribution in [0.15, 0.2) is 77.9 Å². The second-order valence-electron chi connectivity index (χ2n) is 6.92. The van der Waals surface area contributed by atoms with Gasteiger partial charge in [0.15, 0.2) is 6.61 Å². The molecular weight excluding hydrogens is 376 g/mol. The Labute approximate surface area is 177 Å². The Hall–Kier alpha value is -3.60. The molecule has 30 heavy (non-hydrogen) atoms. The normalized spacial score (nSPS) is 10.7. The third-order valence-electron chi connectivity index (χ3n) is 4.51. The Morgan fingerprint density at radius 1 is 0.867 bits per heavy atom. The molecule has 0 atom stereocenters. The average molecular weight is 402 g/mol. The van der Waals surface area contributed by atoms with Crippen LogP contribution in [0.4, 0.5) is 0 Å². The number of nitrogens with one attached hydrogen (secondary N) is 1. The molecule has 0 fully saturated rings. The molecule has 5 nitrogen and oxygen atoms in total. The van der Waals surface area contributed by atoms with Crippen molar-refractivity contribution in [2.24, 2.45) is 5.10 Å². The highest BCUT2D eigenvalue weighted by atomic mass is 16.5. The lowest BCUT2D eigenvalue weighted by Gasteiger charge is -2.07. The van der Waals surface area contributed by atoms with E-state index in [9.17, 15) is 4.79 Å². The third-order valence-corrected chi connectivity index (χ3v) is 4.51. The van der Waals surface area contributed by atoms with Gasteiger partial charge < -0.3 is 9.47 Å². The van der Waals surface area contributed by atoms with E-state index in [-0.39, 0.29) is 12.5 Å². The summed E-state index contributed by atoms with van der Waals surface area (Å²) in [5, 5.41) is 3.97. The molecule has 0 aliphatic heterocycles. The summed E-state index contributed by atoms with van der Waals surface area (Å²) in [7, 11) is 0. The molecule has 1 N–H and O–H groups in total. The van der Waals surface area contributed by atoms with Gasteiger partial charge in [0.1, 0.15) is 18.1 Å². The highest BCUT2D eigenvalue weighted by Crippen LogP contribution is 2.14. The van der Waals surface area contributed by atoms with Crippen LogP contribution in [0.3, 0.4) is 0 Å². The van der Waals surface area contributed by atoms with Crippen molar-refractivity contribution in [1.82, 2.24) is 5.43 Å². The molecule has 0 saturated heterocycles. The van der Waals surface area contributed by atoms with Crippen LogP contribution < -0.4 is 14.9 Å². The number of amides is 1. The first-order valence-electron chi connectivity index (χ1n) is 9.94. The SMILES string of the molecule is CCc1ccc(OCC(=O)N/N=C/c2ccc(OCc3ccc(C)cc3)cc2)cc1. The molecule has 0 saturated carbocycles. The molecule has 0 aliphatic carbocycles. The van der Waals surface area contributed by atoms with Gasteiger partial charge in [-0.1, -0.05) is 48.9 Å². The summed E-state index contributed by atoms with van der Waals surface area (Å²) in [5.74, 6) is 1.12. The highest BCUT2D eigenvalue weighted by Gasteiger charge is 2.02. The van der Waals surface area contributed by atoms with Crippen molar-refractivity contribution in [1.29, 1.82) is 0 Å². The highest BCUT2D eigenvalue weighted by molar-refractivity contribution is 5.83. The number of hydrogen-bond donors (Lipinski definition) is 1. The van der Waals surface area contributed by atoms with E-state index in [4.69, 9.17) is 9.47 Å². The molecular formula is C25H26N2O3. The second-order valence-corrected chi connectivity index (χ2v) is 6.92. The fourth-order valence-corrected chi connectivity index (χ4v) is 2.68. The molecule has 1 amide bonds. The van der Waals surface area contributed by atoms with Gasteiger partial charge in [-0.3, -0.25) is 4.79 Å². The first-order valence-corrected chi connectivity index (χ1v) is 9.94. The van der Waals surface area contributed by atoms with Crippen LogP contribution in [0.2, 0.25) is 0 Å². The van der Waals surface area contributed by atoms with E-state index >= 15 is 0 Å². The van der Waals surface area contributed by atoms with E-state index in [1.807, 2.05) is 48.5 Å². The van der Waals surface area contributed by atoms with Gasteiger partial charge in [-0.15, -0.1) is 0 Å². The maximum Gasteiger partial charge on any atom is 0.277 e. The lowest BCUT2D eigenvalue weighted by molar-refractivity contribution is -0.123. The third kappa shape index (κ3) is 6.78. The van der Waals surface area contributed by atoms with Crippen molar-refractivity contribution >= 4 is 12.1 Å². The van der Waals surface area contributed by atoms with Crippen LogP contribution in [-0.4, -0.2) is 18.7 Å². The van der Waals surface area contributed by atoms with Gasteiger partial charge in [-0.25, -0.2) is 5.43 Å². The maximum atomic E-state index is 11.9. The zero-order valence-corrected chi connectivity index (χ0v) is 17.3. The molecule has 0 heterocycles. The molecule has 3 aromatic carbocycles. The Balaban J connectivity index is 1.40. The maximum absolute atomic E-state index is 11.9. The van der Waals surface area contributed by atoms with Crippen molar-refractivity contribution in [2.75, 3.05) is 6.61 Å². The van der Waals surface area contributed by atoms with Crippen molar-refractivity contribution in [3.8, 4) is 11.5 Å². The zero-order chi connectivity index (χ0) is 21.2. The number of hydrazone groups is 1. The van der Waals surface area contributed by atoms with E-state index in [2.05, 4.69) is 48.6 Å². The summed E-state index contributed by atoms with van der Waals surface area (Å²) >= 11 is 0. The number of hydrogen-bond acceptors (Lipinski definition) is 4. The predicted octanol–water partition coefficient (Wildman–Crippen LogP) is 4.67. The van der Waals surface area contributed by atoms with Gasteiger partial charge in [0.05, 0.1) is 6.21 Å².